The Morgan fingerprint density at radius 2 is 1.90 bits per heavy atom. The third-order valence-corrected chi connectivity index (χ3v) is 5.08. The number of carbonyl (C=O) groups excluding carboxylic acids is 2. The number of hydrogen-bond donors (Lipinski definition) is 1. The zero-order valence-electron chi connectivity index (χ0n) is 17.5. The number of fused-ring (bicyclic) bond motifs is 1. The minimum absolute atomic E-state index is 0.0821. The van der Waals surface area contributed by atoms with Gasteiger partial charge in [-0.15, -0.1) is 0 Å². The number of methoxy groups -OCH3 is 1. The first kappa shape index (κ1) is 21.4. The molecule has 2 aromatic heterocycles. The van der Waals surface area contributed by atoms with E-state index in [1.54, 1.807) is 37.4 Å². The van der Waals surface area contributed by atoms with Crippen LogP contribution in [0, 0.1) is 13.8 Å². The number of nitrogens with one attached hydrogen (secondary N) is 1. The fourth-order valence-corrected chi connectivity index (χ4v) is 3.77. The normalized spacial score (nSPS) is 12.1. The van der Waals surface area contributed by atoms with E-state index in [0.29, 0.717) is 28.6 Å². The maximum absolute atomic E-state index is 12.6. The minimum atomic E-state index is -0.588. The van der Waals surface area contributed by atoms with Gasteiger partial charge in [-0.05, 0) is 32.9 Å². The number of rotatable bonds is 8. The second-order valence-electron chi connectivity index (χ2n) is 7.26. The molecule has 0 radical (unpaired) electrons. The molecule has 0 bridgehead atoms. The predicted molar refractivity (Wildman–Crippen MR) is 112 cm³/mol. The van der Waals surface area contributed by atoms with Crippen LogP contribution in [-0.4, -0.2) is 46.8 Å². The second-order valence-corrected chi connectivity index (χ2v) is 7.26. The summed E-state index contributed by atoms with van der Waals surface area (Å²) in [6.45, 7) is 5.97. The standard InChI is InChI=1S/C22H25N3O5/c1-13-9-18(15(3)25(13)14(2)11-29-4)20(26)12-30-21(27)10-19-16-7-5-6-8-17(16)22(28)24-23-19/h5-9,14H,10-12H2,1-4H3,(H,24,28)/t14-/m1/s1. The lowest BCUT2D eigenvalue weighted by Gasteiger charge is -2.17. The molecule has 1 N–H and O–H groups in total. The number of ether oxygens (including phenoxy) is 2. The molecule has 0 saturated carbocycles. The average molecular weight is 411 g/mol. The topological polar surface area (TPSA) is 103 Å². The van der Waals surface area contributed by atoms with E-state index in [1.165, 1.54) is 0 Å². The van der Waals surface area contributed by atoms with Crippen LogP contribution in [0.4, 0.5) is 0 Å². The lowest BCUT2D eigenvalue weighted by Crippen LogP contribution is -2.19. The molecule has 0 fully saturated rings. The van der Waals surface area contributed by atoms with Crippen LogP contribution in [0.15, 0.2) is 35.1 Å². The fraction of sp³-hybridized carbons (Fsp3) is 0.364. The lowest BCUT2D eigenvalue weighted by atomic mass is 10.1. The van der Waals surface area contributed by atoms with Crippen molar-refractivity contribution in [1.29, 1.82) is 0 Å². The Labute approximate surface area is 173 Å². The van der Waals surface area contributed by atoms with Gasteiger partial charge in [-0.3, -0.25) is 14.4 Å². The van der Waals surface area contributed by atoms with Gasteiger partial charge in [0.2, 0.25) is 5.78 Å². The number of aromatic nitrogens is 3. The van der Waals surface area contributed by atoms with E-state index in [0.717, 1.165) is 11.4 Å². The minimum Gasteiger partial charge on any atom is -0.457 e. The summed E-state index contributed by atoms with van der Waals surface area (Å²) in [6.07, 6.45) is -0.144. The highest BCUT2D eigenvalue weighted by molar-refractivity contribution is 5.99. The summed E-state index contributed by atoms with van der Waals surface area (Å²) in [5.74, 6) is -0.860. The van der Waals surface area contributed by atoms with Crippen molar-refractivity contribution in [3.63, 3.8) is 0 Å². The number of hydrogen-bond acceptors (Lipinski definition) is 6. The number of ketones is 1. The van der Waals surface area contributed by atoms with Crippen LogP contribution < -0.4 is 5.56 Å². The largest absolute Gasteiger partial charge is 0.457 e. The summed E-state index contributed by atoms with van der Waals surface area (Å²) >= 11 is 0. The molecule has 0 aliphatic carbocycles. The molecule has 30 heavy (non-hydrogen) atoms. The molecule has 0 spiro atoms. The van der Waals surface area contributed by atoms with Crippen molar-refractivity contribution in [2.24, 2.45) is 0 Å². The predicted octanol–water partition coefficient (Wildman–Crippen LogP) is 2.52. The van der Waals surface area contributed by atoms with Crippen LogP contribution >= 0.6 is 0 Å². The van der Waals surface area contributed by atoms with E-state index in [2.05, 4.69) is 10.2 Å². The third kappa shape index (κ3) is 4.33. The number of H-pyrrole nitrogens is 1. The van der Waals surface area contributed by atoms with Crippen molar-refractivity contribution in [3.8, 4) is 0 Å². The van der Waals surface area contributed by atoms with Gasteiger partial charge >= 0.3 is 5.97 Å². The van der Waals surface area contributed by atoms with Crippen molar-refractivity contribution in [2.75, 3.05) is 20.3 Å². The van der Waals surface area contributed by atoms with Crippen molar-refractivity contribution < 1.29 is 19.1 Å². The van der Waals surface area contributed by atoms with Gasteiger partial charge in [0.25, 0.3) is 5.56 Å². The summed E-state index contributed by atoms with van der Waals surface area (Å²) in [6, 6.07) is 8.77. The SMILES string of the molecule is COC[C@@H](C)n1c(C)cc(C(=O)COC(=O)Cc2n[nH]c(=O)c3ccccc23)c1C. The maximum Gasteiger partial charge on any atom is 0.312 e. The van der Waals surface area contributed by atoms with Crippen LogP contribution in [0.2, 0.25) is 0 Å². The van der Waals surface area contributed by atoms with Gasteiger partial charge in [0.15, 0.2) is 6.61 Å². The number of benzene rings is 1. The maximum atomic E-state index is 12.6. The Morgan fingerprint density at radius 3 is 2.60 bits per heavy atom. The number of aryl methyl sites for hydroxylation is 1. The number of esters is 1. The van der Waals surface area contributed by atoms with E-state index < -0.39 is 5.97 Å². The van der Waals surface area contributed by atoms with Crippen molar-refractivity contribution >= 4 is 22.5 Å². The van der Waals surface area contributed by atoms with Crippen LogP contribution in [0.1, 0.15) is 40.4 Å². The Morgan fingerprint density at radius 1 is 1.20 bits per heavy atom. The van der Waals surface area contributed by atoms with E-state index in [4.69, 9.17) is 9.47 Å². The Balaban J connectivity index is 1.69. The molecule has 0 unspecified atom stereocenters. The van der Waals surface area contributed by atoms with Crippen molar-refractivity contribution in [1.82, 2.24) is 14.8 Å². The van der Waals surface area contributed by atoms with E-state index in [-0.39, 0.29) is 30.4 Å². The molecule has 158 valence electrons. The van der Waals surface area contributed by atoms with Crippen LogP contribution in [0.3, 0.4) is 0 Å². The van der Waals surface area contributed by atoms with Crippen molar-refractivity contribution in [2.45, 2.75) is 33.2 Å². The number of Topliss-reactive ketones (excluding diaryl/α,β-unsaturated/α-hetero) is 1. The lowest BCUT2D eigenvalue weighted by molar-refractivity contribution is -0.141. The molecule has 8 nitrogen and oxygen atoms in total. The highest BCUT2D eigenvalue weighted by atomic mass is 16.5. The summed E-state index contributed by atoms with van der Waals surface area (Å²) in [4.78, 5) is 36.8. The molecule has 2 heterocycles. The molecule has 0 aliphatic rings. The highest BCUT2D eigenvalue weighted by Gasteiger charge is 2.20. The molecule has 0 saturated heterocycles. The first-order valence-electron chi connectivity index (χ1n) is 9.66. The van der Waals surface area contributed by atoms with Gasteiger partial charge in [-0.2, -0.15) is 5.10 Å². The number of aromatic amines is 1. The van der Waals surface area contributed by atoms with Gasteiger partial charge in [-0.25, -0.2) is 5.10 Å². The van der Waals surface area contributed by atoms with Gasteiger partial charge < -0.3 is 14.0 Å². The number of nitrogens with zero attached hydrogens (tertiary/aromatic N) is 2. The molecule has 3 aromatic rings. The summed E-state index contributed by atoms with van der Waals surface area (Å²) in [5, 5.41) is 7.37. The highest BCUT2D eigenvalue weighted by Crippen LogP contribution is 2.21. The van der Waals surface area contributed by atoms with Gasteiger partial charge in [-0.1, -0.05) is 18.2 Å². The van der Waals surface area contributed by atoms with Crippen LogP contribution in [0.25, 0.3) is 10.8 Å². The monoisotopic (exact) mass is 411 g/mol. The average Bonchev–Trinajstić information content (AvgIpc) is 3.03. The first-order chi connectivity index (χ1) is 14.3. The second kappa shape index (κ2) is 9.04. The van der Waals surface area contributed by atoms with Gasteiger partial charge in [0, 0.05) is 29.4 Å². The van der Waals surface area contributed by atoms with Crippen LogP contribution in [0.5, 0.6) is 0 Å². The molecule has 3 rings (SSSR count). The smallest absolute Gasteiger partial charge is 0.312 e. The van der Waals surface area contributed by atoms with E-state index >= 15 is 0 Å². The molecule has 0 amide bonds. The zero-order valence-corrected chi connectivity index (χ0v) is 17.5. The molecular formula is C22H25N3O5. The molecular weight excluding hydrogens is 386 g/mol. The summed E-state index contributed by atoms with van der Waals surface area (Å²) in [7, 11) is 1.64. The fourth-order valence-electron chi connectivity index (χ4n) is 3.77. The van der Waals surface area contributed by atoms with Crippen LogP contribution in [-0.2, 0) is 20.7 Å². The Hall–Kier alpha value is -3.26. The summed E-state index contributed by atoms with van der Waals surface area (Å²) < 4.78 is 12.4. The molecule has 1 aromatic carbocycles. The molecule has 1 atom stereocenters. The van der Waals surface area contributed by atoms with Crippen molar-refractivity contribution in [3.05, 3.63) is 63.3 Å². The molecule has 0 aliphatic heterocycles. The summed E-state index contributed by atoms with van der Waals surface area (Å²) in [5.41, 5.74) is 2.35. The van der Waals surface area contributed by atoms with E-state index in [1.807, 2.05) is 25.3 Å². The number of carbonyl (C=O) groups is 2. The van der Waals surface area contributed by atoms with Gasteiger partial charge in [0.05, 0.1) is 30.1 Å². The quantitative estimate of drug-likeness (QED) is 0.451. The Bertz CT molecular complexity index is 1150. The Kier molecular flexibility index (Phi) is 6.47. The molecule has 8 heteroatoms. The van der Waals surface area contributed by atoms with E-state index in [9.17, 15) is 14.4 Å². The zero-order chi connectivity index (χ0) is 21.8. The third-order valence-electron chi connectivity index (χ3n) is 5.08. The first-order valence-corrected chi connectivity index (χ1v) is 9.66. The van der Waals surface area contributed by atoms with Gasteiger partial charge in [0.1, 0.15) is 0 Å².